The highest BCUT2D eigenvalue weighted by molar-refractivity contribution is 5.88. The molecule has 0 aliphatic heterocycles. The van der Waals surface area contributed by atoms with Crippen molar-refractivity contribution in [2.45, 2.75) is 71.1 Å². The van der Waals surface area contributed by atoms with Gasteiger partial charge in [0.25, 0.3) is 0 Å². The molecular weight excluding hydrogens is 300 g/mol. The summed E-state index contributed by atoms with van der Waals surface area (Å²) in [7, 11) is 0. The second kappa shape index (κ2) is 9.10. The van der Waals surface area contributed by atoms with Crippen LogP contribution in [0.3, 0.4) is 0 Å². The molecule has 25 heavy (non-hydrogen) atoms. The number of unbranched alkanes of at least 4 members (excludes halogenated alkanes) is 2. The molecule has 2 aromatic carbocycles. The van der Waals surface area contributed by atoms with Gasteiger partial charge in [0.1, 0.15) is 0 Å². The van der Waals surface area contributed by atoms with Gasteiger partial charge in [0.2, 0.25) is 0 Å². The third-order valence-electron chi connectivity index (χ3n) is 6.12. The molecule has 0 radical (unpaired) electrons. The van der Waals surface area contributed by atoms with E-state index in [9.17, 15) is 0 Å². The molecule has 132 valence electrons. The van der Waals surface area contributed by atoms with Gasteiger partial charge in [-0.15, -0.1) is 6.42 Å². The maximum atomic E-state index is 5.61. The van der Waals surface area contributed by atoms with Gasteiger partial charge in [-0.1, -0.05) is 94.5 Å². The van der Waals surface area contributed by atoms with Gasteiger partial charge in [-0.2, -0.15) is 0 Å². The quantitative estimate of drug-likeness (QED) is 0.373. The minimum atomic E-state index is 0.940. The SMILES string of the molecule is C#Cc1cccc2cc(CCC3CCC(CCCCC)CC3)ccc12. The molecule has 1 fully saturated rings. The Hall–Kier alpha value is -1.74. The smallest absolute Gasteiger partial charge is 0.0321 e. The fraction of sp³-hybridized carbons (Fsp3) is 0.520. The number of rotatable bonds is 7. The van der Waals surface area contributed by atoms with Crippen LogP contribution in [0.2, 0.25) is 0 Å². The highest BCUT2D eigenvalue weighted by Crippen LogP contribution is 2.34. The molecule has 0 nitrogen and oxygen atoms in total. The molecule has 0 saturated heterocycles. The minimum Gasteiger partial charge on any atom is -0.115 e. The van der Waals surface area contributed by atoms with Crippen LogP contribution in [0.4, 0.5) is 0 Å². The van der Waals surface area contributed by atoms with Crippen LogP contribution in [0.1, 0.15) is 75.8 Å². The average molecular weight is 333 g/mol. The van der Waals surface area contributed by atoms with E-state index in [4.69, 9.17) is 6.42 Å². The third-order valence-corrected chi connectivity index (χ3v) is 6.12. The average Bonchev–Trinajstić information content (AvgIpc) is 2.67. The molecule has 0 amide bonds. The lowest BCUT2D eigenvalue weighted by Crippen LogP contribution is -2.15. The number of hydrogen-bond donors (Lipinski definition) is 0. The van der Waals surface area contributed by atoms with Crippen molar-refractivity contribution in [1.82, 2.24) is 0 Å². The van der Waals surface area contributed by atoms with Gasteiger partial charge >= 0.3 is 0 Å². The van der Waals surface area contributed by atoms with Crippen LogP contribution in [0, 0.1) is 24.2 Å². The Morgan fingerprint density at radius 1 is 0.960 bits per heavy atom. The van der Waals surface area contributed by atoms with Crippen molar-refractivity contribution >= 4 is 10.8 Å². The van der Waals surface area contributed by atoms with Gasteiger partial charge < -0.3 is 0 Å². The summed E-state index contributed by atoms with van der Waals surface area (Å²) in [5.74, 6) is 4.75. The Kier molecular flexibility index (Phi) is 6.57. The summed E-state index contributed by atoms with van der Waals surface area (Å²) >= 11 is 0. The lowest BCUT2D eigenvalue weighted by Gasteiger charge is -2.28. The van der Waals surface area contributed by atoms with Crippen molar-refractivity contribution in [3.8, 4) is 12.3 Å². The number of fused-ring (bicyclic) bond motifs is 1. The standard InChI is InChI=1S/C25H32/c1-3-5-6-8-20-11-13-21(14-12-20)15-16-22-17-18-25-23(4-2)9-7-10-24(25)19-22/h2,7,9-10,17-21H,3,5-6,8,11-16H2,1H3. The maximum absolute atomic E-state index is 5.61. The van der Waals surface area contributed by atoms with Crippen molar-refractivity contribution in [2.75, 3.05) is 0 Å². The first-order chi connectivity index (χ1) is 12.3. The van der Waals surface area contributed by atoms with E-state index < -0.39 is 0 Å². The zero-order valence-corrected chi connectivity index (χ0v) is 15.8. The second-order valence-electron chi connectivity index (χ2n) is 7.93. The normalized spacial score (nSPS) is 20.5. The Bertz CT molecular complexity index is 710. The Morgan fingerprint density at radius 2 is 1.72 bits per heavy atom. The van der Waals surface area contributed by atoms with Gasteiger partial charge in [-0.05, 0) is 47.1 Å². The topological polar surface area (TPSA) is 0 Å². The summed E-state index contributed by atoms with van der Waals surface area (Å²) in [5.41, 5.74) is 2.47. The molecule has 0 bridgehead atoms. The van der Waals surface area contributed by atoms with Gasteiger partial charge in [0.05, 0.1) is 0 Å². The van der Waals surface area contributed by atoms with E-state index in [-0.39, 0.29) is 0 Å². The molecule has 0 heteroatoms. The molecule has 3 rings (SSSR count). The number of terminal acetylenes is 1. The lowest BCUT2D eigenvalue weighted by atomic mass is 9.77. The first-order valence-corrected chi connectivity index (χ1v) is 10.3. The lowest BCUT2D eigenvalue weighted by molar-refractivity contribution is 0.249. The highest BCUT2D eigenvalue weighted by Gasteiger charge is 2.20. The van der Waals surface area contributed by atoms with Crippen LogP contribution in [0.15, 0.2) is 36.4 Å². The molecule has 2 aromatic rings. The summed E-state index contributed by atoms with van der Waals surface area (Å²) in [6.07, 6.45) is 19.7. The van der Waals surface area contributed by atoms with Crippen molar-refractivity contribution in [2.24, 2.45) is 11.8 Å². The third kappa shape index (κ3) is 4.88. The monoisotopic (exact) mass is 332 g/mol. The molecule has 1 aliphatic carbocycles. The molecule has 1 aliphatic rings. The molecule has 0 aromatic heterocycles. The van der Waals surface area contributed by atoms with Gasteiger partial charge in [-0.25, -0.2) is 0 Å². The number of aryl methyl sites for hydroxylation is 1. The zero-order valence-electron chi connectivity index (χ0n) is 15.8. The van der Waals surface area contributed by atoms with E-state index in [1.807, 2.05) is 6.07 Å². The minimum absolute atomic E-state index is 0.940. The fourth-order valence-electron chi connectivity index (χ4n) is 4.48. The van der Waals surface area contributed by atoms with E-state index in [0.29, 0.717) is 0 Å². The first kappa shape index (κ1) is 18.1. The molecule has 0 heterocycles. The van der Waals surface area contributed by atoms with E-state index in [0.717, 1.165) is 17.4 Å². The zero-order chi connectivity index (χ0) is 17.5. The largest absolute Gasteiger partial charge is 0.115 e. The second-order valence-corrected chi connectivity index (χ2v) is 7.93. The van der Waals surface area contributed by atoms with E-state index in [2.05, 4.69) is 43.2 Å². The van der Waals surface area contributed by atoms with Crippen molar-refractivity contribution in [3.05, 3.63) is 47.5 Å². The van der Waals surface area contributed by atoms with Crippen LogP contribution in [0.25, 0.3) is 10.8 Å². The van der Waals surface area contributed by atoms with Gasteiger partial charge in [-0.3, -0.25) is 0 Å². The maximum Gasteiger partial charge on any atom is 0.0321 e. The van der Waals surface area contributed by atoms with Crippen LogP contribution < -0.4 is 0 Å². The molecule has 1 saturated carbocycles. The predicted molar refractivity (Wildman–Crippen MR) is 110 cm³/mol. The summed E-state index contributed by atoms with van der Waals surface area (Å²) in [6, 6.07) is 13.1. The van der Waals surface area contributed by atoms with Crippen LogP contribution >= 0.6 is 0 Å². The molecular formula is C25H32. The molecule has 0 atom stereocenters. The Balaban J connectivity index is 1.50. The summed E-state index contributed by atoms with van der Waals surface area (Å²) in [6.45, 7) is 2.30. The molecule has 0 N–H and O–H groups in total. The van der Waals surface area contributed by atoms with Crippen molar-refractivity contribution in [3.63, 3.8) is 0 Å². The first-order valence-electron chi connectivity index (χ1n) is 10.3. The highest BCUT2D eigenvalue weighted by atomic mass is 14.3. The van der Waals surface area contributed by atoms with Crippen LogP contribution in [-0.2, 0) is 6.42 Å². The van der Waals surface area contributed by atoms with E-state index >= 15 is 0 Å². The van der Waals surface area contributed by atoms with Crippen LogP contribution in [0.5, 0.6) is 0 Å². The van der Waals surface area contributed by atoms with E-state index in [1.54, 1.807) is 0 Å². The van der Waals surface area contributed by atoms with Gasteiger partial charge in [0.15, 0.2) is 0 Å². The fourth-order valence-corrected chi connectivity index (χ4v) is 4.48. The molecule has 0 spiro atoms. The van der Waals surface area contributed by atoms with Gasteiger partial charge in [0, 0.05) is 5.56 Å². The summed E-state index contributed by atoms with van der Waals surface area (Å²) < 4.78 is 0. The Morgan fingerprint density at radius 3 is 2.44 bits per heavy atom. The van der Waals surface area contributed by atoms with Crippen LogP contribution in [-0.4, -0.2) is 0 Å². The predicted octanol–water partition coefficient (Wildman–Crippen LogP) is 7.14. The number of hydrogen-bond acceptors (Lipinski definition) is 0. The summed E-state index contributed by atoms with van der Waals surface area (Å²) in [4.78, 5) is 0. The van der Waals surface area contributed by atoms with Crippen molar-refractivity contribution < 1.29 is 0 Å². The van der Waals surface area contributed by atoms with E-state index in [1.165, 1.54) is 80.5 Å². The summed E-state index contributed by atoms with van der Waals surface area (Å²) in [5, 5.41) is 2.49. The Labute approximate surface area is 154 Å². The van der Waals surface area contributed by atoms with Crippen molar-refractivity contribution in [1.29, 1.82) is 0 Å². The number of benzene rings is 2. The molecule has 0 unspecified atom stereocenters.